The van der Waals surface area contributed by atoms with Crippen LogP contribution in [-0.2, 0) is 4.84 Å². The van der Waals surface area contributed by atoms with Crippen LogP contribution in [0.5, 0.6) is 11.5 Å². The highest BCUT2D eigenvalue weighted by atomic mass is 35.5. The zero-order chi connectivity index (χ0) is 22.7. The average molecular weight is 430 g/mol. The number of hydrogen-bond acceptors (Lipinski definition) is 7. The largest absolute Gasteiger partial charge is 0.507 e. The van der Waals surface area contributed by atoms with Gasteiger partial charge in [0.25, 0.3) is 0 Å². The highest BCUT2D eigenvalue weighted by Crippen LogP contribution is 2.30. The van der Waals surface area contributed by atoms with Crippen molar-refractivity contribution in [1.82, 2.24) is 4.98 Å². The molecule has 0 saturated heterocycles. The first kappa shape index (κ1) is 23.2. The van der Waals surface area contributed by atoms with E-state index in [9.17, 15) is 15.2 Å². The molecule has 1 heterocycles. The number of ketones is 1. The van der Waals surface area contributed by atoms with Gasteiger partial charge in [0, 0.05) is 17.7 Å². The van der Waals surface area contributed by atoms with Crippen molar-refractivity contribution in [1.29, 1.82) is 5.26 Å². The summed E-state index contributed by atoms with van der Waals surface area (Å²) in [6, 6.07) is 7.43. The average Bonchev–Trinajstić information content (AvgIpc) is 2.63. The standard InChI is InChI=1S/C22H24ClN3O4/c1-21(2,3)20(26-30-22(4,5)6)29-17-8-7-9-25-18(17)19(28)14-10-13(12-24)15(23)11-16(14)27/h7-11,27H,1-6H3. The molecule has 0 unspecified atom stereocenters. The molecule has 0 aliphatic rings. The van der Waals surface area contributed by atoms with Crippen LogP contribution >= 0.6 is 11.6 Å². The molecule has 0 spiro atoms. The topological polar surface area (TPSA) is 105 Å². The molecular formula is C22H24ClN3O4. The maximum absolute atomic E-state index is 13.1. The lowest BCUT2D eigenvalue weighted by Gasteiger charge is -2.24. The van der Waals surface area contributed by atoms with E-state index in [0.29, 0.717) is 0 Å². The zero-order valence-corrected chi connectivity index (χ0v) is 18.5. The van der Waals surface area contributed by atoms with Gasteiger partial charge in [-0.05, 0) is 39.0 Å². The van der Waals surface area contributed by atoms with Gasteiger partial charge in [-0.2, -0.15) is 5.26 Å². The van der Waals surface area contributed by atoms with Crippen LogP contribution in [0.4, 0.5) is 0 Å². The van der Waals surface area contributed by atoms with E-state index in [-0.39, 0.29) is 39.2 Å². The van der Waals surface area contributed by atoms with E-state index in [2.05, 4.69) is 10.1 Å². The van der Waals surface area contributed by atoms with Crippen molar-refractivity contribution in [3.05, 3.63) is 52.3 Å². The van der Waals surface area contributed by atoms with Crippen molar-refractivity contribution < 1.29 is 19.5 Å². The molecule has 0 aliphatic carbocycles. The van der Waals surface area contributed by atoms with Crippen LogP contribution in [0.1, 0.15) is 63.2 Å². The number of hydrogen-bond donors (Lipinski definition) is 1. The SMILES string of the molecule is CC(C)(C)ON=C(Oc1cccnc1C(=O)c1cc(C#N)c(Cl)cc1O)C(C)(C)C. The molecule has 0 saturated carbocycles. The molecule has 1 aromatic heterocycles. The first-order chi connectivity index (χ1) is 13.8. The molecule has 1 aromatic carbocycles. The maximum Gasteiger partial charge on any atom is 0.236 e. The van der Waals surface area contributed by atoms with Crippen LogP contribution in [0.25, 0.3) is 0 Å². The summed E-state index contributed by atoms with van der Waals surface area (Å²) in [6.45, 7) is 11.2. The molecule has 7 nitrogen and oxygen atoms in total. The number of carbonyl (C=O) groups excluding carboxylic acids is 1. The molecule has 0 aliphatic heterocycles. The first-order valence-corrected chi connectivity index (χ1v) is 9.58. The predicted octanol–water partition coefficient (Wildman–Crippen LogP) is 5.10. The number of benzene rings is 1. The van der Waals surface area contributed by atoms with E-state index in [1.807, 2.05) is 47.6 Å². The normalized spacial score (nSPS) is 12.3. The van der Waals surface area contributed by atoms with Crippen LogP contribution in [0.15, 0.2) is 35.6 Å². The number of ether oxygens (including phenoxy) is 1. The Morgan fingerprint density at radius 1 is 1.23 bits per heavy atom. The molecule has 0 radical (unpaired) electrons. The third-order valence-corrected chi connectivity index (χ3v) is 4.00. The highest BCUT2D eigenvalue weighted by Gasteiger charge is 2.27. The molecule has 1 N–H and O–H groups in total. The fraction of sp³-hybridized carbons (Fsp3) is 0.364. The molecule has 158 valence electrons. The molecule has 2 aromatic rings. The summed E-state index contributed by atoms with van der Waals surface area (Å²) in [4.78, 5) is 22.7. The molecule has 8 heteroatoms. The fourth-order valence-electron chi connectivity index (χ4n) is 2.19. The Morgan fingerprint density at radius 3 is 2.47 bits per heavy atom. The number of aromatic hydroxyl groups is 1. The van der Waals surface area contributed by atoms with Gasteiger partial charge in [0.2, 0.25) is 11.7 Å². The second-order valence-corrected chi connectivity index (χ2v) is 9.00. The fourth-order valence-corrected chi connectivity index (χ4v) is 2.39. The van der Waals surface area contributed by atoms with E-state index in [1.54, 1.807) is 12.1 Å². The van der Waals surface area contributed by atoms with Crippen molar-refractivity contribution >= 4 is 23.3 Å². The second-order valence-electron chi connectivity index (χ2n) is 8.59. The molecule has 0 fully saturated rings. The Bertz CT molecular complexity index is 1030. The predicted molar refractivity (Wildman–Crippen MR) is 114 cm³/mol. The summed E-state index contributed by atoms with van der Waals surface area (Å²) in [5.74, 6) is -0.596. The number of nitrogens with zero attached hydrogens (tertiary/aromatic N) is 3. The monoisotopic (exact) mass is 429 g/mol. The van der Waals surface area contributed by atoms with Crippen molar-refractivity contribution in [2.45, 2.75) is 47.1 Å². The van der Waals surface area contributed by atoms with Gasteiger partial charge in [-0.3, -0.25) is 4.79 Å². The summed E-state index contributed by atoms with van der Waals surface area (Å²) in [7, 11) is 0. The zero-order valence-electron chi connectivity index (χ0n) is 17.8. The van der Waals surface area contributed by atoms with Crippen molar-refractivity contribution in [2.75, 3.05) is 0 Å². The molecule has 0 bridgehead atoms. The van der Waals surface area contributed by atoms with Gasteiger partial charge >= 0.3 is 0 Å². The number of halogens is 1. The Morgan fingerprint density at radius 2 is 1.90 bits per heavy atom. The van der Waals surface area contributed by atoms with Crippen molar-refractivity contribution in [3.63, 3.8) is 0 Å². The number of oxime groups is 1. The third kappa shape index (κ3) is 5.71. The second kappa shape index (κ2) is 8.72. The lowest BCUT2D eigenvalue weighted by atomic mass is 9.96. The lowest BCUT2D eigenvalue weighted by molar-refractivity contribution is -0.00380. The highest BCUT2D eigenvalue weighted by molar-refractivity contribution is 6.32. The summed E-state index contributed by atoms with van der Waals surface area (Å²) in [5.41, 5.74) is -1.16. The van der Waals surface area contributed by atoms with Crippen molar-refractivity contribution in [3.8, 4) is 17.6 Å². The Balaban J connectivity index is 2.50. The summed E-state index contributed by atoms with van der Waals surface area (Å²) in [6.07, 6.45) is 1.43. The minimum Gasteiger partial charge on any atom is -0.507 e. The quantitative estimate of drug-likeness (QED) is 0.314. The van der Waals surface area contributed by atoms with E-state index < -0.39 is 16.8 Å². The van der Waals surface area contributed by atoms with Crippen molar-refractivity contribution in [2.24, 2.45) is 10.6 Å². The van der Waals surface area contributed by atoms with Gasteiger partial charge in [-0.1, -0.05) is 37.5 Å². The Kier molecular flexibility index (Phi) is 6.73. The number of phenols is 1. The van der Waals surface area contributed by atoms with E-state index in [0.717, 1.165) is 6.07 Å². The summed E-state index contributed by atoms with van der Waals surface area (Å²) >= 11 is 5.91. The number of pyridine rings is 1. The molecule has 0 atom stereocenters. The van der Waals surface area contributed by atoms with Crippen LogP contribution in [0.3, 0.4) is 0 Å². The van der Waals surface area contributed by atoms with Gasteiger partial charge in [0.15, 0.2) is 11.4 Å². The number of carbonyl (C=O) groups is 1. The van der Waals surface area contributed by atoms with E-state index in [4.69, 9.17) is 21.2 Å². The minimum absolute atomic E-state index is 0.0468. The number of rotatable bonds is 4. The van der Waals surface area contributed by atoms with Crippen LogP contribution < -0.4 is 4.74 Å². The summed E-state index contributed by atoms with van der Waals surface area (Å²) in [5, 5.41) is 23.6. The molecule has 2 rings (SSSR count). The maximum atomic E-state index is 13.1. The van der Waals surface area contributed by atoms with Crippen LogP contribution in [0, 0.1) is 16.7 Å². The lowest BCUT2D eigenvalue weighted by Crippen LogP contribution is -2.29. The van der Waals surface area contributed by atoms with Gasteiger partial charge in [0.1, 0.15) is 17.4 Å². The van der Waals surface area contributed by atoms with Gasteiger partial charge in [-0.25, -0.2) is 4.98 Å². The third-order valence-electron chi connectivity index (χ3n) is 3.69. The summed E-state index contributed by atoms with van der Waals surface area (Å²) < 4.78 is 5.94. The first-order valence-electron chi connectivity index (χ1n) is 9.20. The minimum atomic E-state index is -0.624. The molecule has 30 heavy (non-hydrogen) atoms. The Labute approximate surface area is 180 Å². The van der Waals surface area contributed by atoms with Gasteiger partial charge in [-0.15, -0.1) is 0 Å². The van der Waals surface area contributed by atoms with Crippen LogP contribution in [-0.4, -0.2) is 27.4 Å². The molecular weight excluding hydrogens is 406 g/mol. The Hall–Kier alpha value is -3.11. The van der Waals surface area contributed by atoms with E-state index in [1.165, 1.54) is 12.3 Å². The van der Waals surface area contributed by atoms with Gasteiger partial charge < -0.3 is 14.7 Å². The van der Waals surface area contributed by atoms with Gasteiger partial charge in [0.05, 0.1) is 16.1 Å². The number of aromatic nitrogens is 1. The van der Waals surface area contributed by atoms with E-state index >= 15 is 0 Å². The number of phenolic OH excluding ortho intramolecular Hbond substituents is 1. The molecule has 0 amide bonds. The smallest absolute Gasteiger partial charge is 0.236 e. The van der Waals surface area contributed by atoms with Crippen LogP contribution in [0.2, 0.25) is 5.02 Å². The number of nitriles is 1.